The first-order valence-corrected chi connectivity index (χ1v) is 6.30. The minimum absolute atomic E-state index is 0.0331. The molecule has 0 heterocycles. The van der Waals surface area contributed by atoms with Gasteiger partial charge in [-0.15, -0.1) is 0 Å². The zero-order chi connectivity index (χ0) is 12.4. The molecule has 0 aliphatic heterocycles. The summed E-state index contributed by atoms with van der Waals surface area (Å²) in [4.78, 5) is 14.1. The van der Waals surface area contributed by atoms with Gasteiger partial charge in [0.25, 0.3) is 5.91 Å². The number of hydrogen-bond acceptors (Lipinski definition) is 2. The number of nitrogen functional groups attached to an aromatic ring is 1. The lowest BCUT2D eigenvalue weighted by molar-refractivity contribution is 0.0735. The summed E-state index contributed by atoms with van der Waals surface area (Å²) < 4.78 is 0. The number of amides is 1. The molecule has 2 N–H and O–H groups in total. The summed E-state index contributed by atoms with van der Waals surface area (Å²) in [6, 6.07) is 5.54. The van der Waals surface area contributed by atoms with Gasteiger partial charge in [-0.3, -0.25) is 4.79 Å². The van der Waals surface area contributed by atoms with Crippen LogP contribution in [0.25, 0.3) is 0 Å². The lowest BCUT2D eigenvalue weighted by Crippen LogP contribution is -2.35. The summed E-state index contributed by atoms with van der Waals surface area (Å²) in [5, 5.41) is 0.363. The Labute approximate surface area is 107 Å². The van der Waals surface area contributed by atoms with Crippen molar-refractivity contribution in [2.75, 3.05) is 12.8 Å². The molecule has 0 radical (unpaired) electrons. The molecule has 1 aromatic carbocycles. The van der Waals surface area contributed by atoms with Gasteiger partial charge >= 0.3 is 0 Å². The predicted molar refractivity (Wildman–Crippen MR) is 70.2 cm³/mol. The van der Waals surface area contributed by atoms with Crippen LogP contribution < -0.4 is 5.73 Å². The summed E-state index contributed by atoms with van der Waals surface area (Å²) in [5.74, 6) is -0.0331. The lowest BCUT2D eigenvalue weighted by Gasteiger charge is -2.24. The zero-order valence-corrected chi connectivity index (χ0v) is 10.7. The number of hydrogen-bond donors (Lipinski definition) is 1. The molecule has 4 heteroatoms. The second-order valence-electron chi connectivity index (χ2n) is 4.56. The molecule has 1 saturated carbocycles. The first kappa shape index (κ1) is 12.2. The second-order valence-corrected chi connectivity index (χ2v) is 4.94. The summed E-state index contributed by atoms with van der Waals surface area (Å²) in [6.07, 6.45) is 4.57. The van der Waals surface area contributed by atoms with Crippen molar-refractivity contribution < 1.29 is 4.79 Å². The minimum atomic E-state index is -0.0331. The first-order valence-electron chi connectivity index (χ1n) is 5.92. The van der Waals surface area contributed by atoms with Gasteiger partial charge < -0.3 is 10.6 Å². The Balaban J connectivity index is 2.21. The maximum Gasteiger partial charge on any atom is 0.255 e. The van der Waals surface area contributed by atoms with E-state index in [2.05, 4.69) is 0 Å². The van der Waals surface area contributed by atoms with Gasteiger partial charge in [0.05, 0.1) is 16.3 Å². The monoisotopic (exact) mass is 252 g/mol. The van der Waals surface area contributed by atoms with E-state index in [1.54, 1.807) is 23.1 Å². The van der Waals surface area contributed by atoms with E-state index >= 15 is 0 Å². The number of halogens is 1. The van der Waals surface area contributed by atoms with Crippen LogP contribution in [0.15, 0.2) is 18.2 Å². The highest BCUT2D eigenvalue weighted by molar-refractivity contribution is 6.36. The standard InChI is InChI=1S/C13H17ClN2O/c1-16(9-5-2-3-6-9)13(17)10-7-4-8-11(15)12(10)14/h4,7-9H,2-3,5-6,15H2,1H3. The minimum Gasteiger partial charge on any atom is -0.398 e. The predicted octanol–water partition coefficient (Wildman–Crippen LogP) is 2.94. The SMILES string of the molecule is CN(C(=O)c1cccc(N)c1Cl)C1CCCC1. The molecule has 0 saturated heterocycles. The van der Waals surface area contributed by atoms with Crippen LogP contribution >= 0.6 is 11.6 Å². The van der Waals surface area contributed by atoms with Crippen LogP contribution in [0.2, 0.25) is 5.02 Å². The molecule has 1 aromatic rings. The highest BCUT2D eigenvalue weighted by Crippen LogP contribution is 2.27. The van der Waals surface area contributed by atoms with Crippen molar-refractivity contribution in [3.05, 3.63) is 28.8 Å². The van der Waals surface area contributed by atoms with Crippen LogP contribution in [0.3, 0.4) is 0 Å². The summed E-state index contributed by atoms with van der Waals surface area (Å²) in [7, 11) is 1.85. The van der Waals surface area contributed by atoms with E-state index in [0.717, 1.165) is 12.8 Å². The molecule has 0 spiro atoms. The Morgan fingerprint density at radius 1 is 1.41 bits per heavy atom. The molecule has 1 amide bonds. The number of carbonyl (C=O) groups is 1. The Morgan fingerprint density at radius 2 is 2.06 bits per heavy atom. The second kappa shape index (κ2) is 4.96. The van der Waals surface area contributed by atoms with E-state index in [1.807, 2.05) is 7.05 Å². The number of rotatable bonds is 2. The fourth-order valence-electron chi connectivity index (χ4n) is 2.36. The zero-order valence-electron chi connectivity index (χ0n) is 9.95. The molecular weight excluding hydrogens is 236 g/mol. The highest BCUT2D eigenvalue weighted by atomic mass is 35.5. The molecule has 1 aliphatic rings. The lowest BCUT2D eigenvalue weighted by atomic mass is 10.1. The van der Waals surface area contributed by atoms with Crippen LogP contribution in [0, 0.1) is 0 Å². The van der Waals surface area contributed by atoms with E-state index in [1.165, 1.54) is 12.8 Å². The third-order valence-corrected chi connectivity index (χ3v) is 3.87. The Kier molecular flexibility index (Phi) is 3.57. The molecule has 3 nitrogen and oxygen atoms in total. The van der Waals surface area contributed by atoms with E-state index in [9.17, 15) is 4.79 Å². The Morgan fingerprint density at radius 3 is 2.71 bits per heavy atom. The molecule has 1 aliphatic carbocycles. The van der Waals surface area contributed by atoms with Crippen LogP contribution in [-0.2, 0) is 0 Å². The average molecular weight is 253 g/mol. The molecule has 2 rings (SSSR count). The molecule has 92 valence electrons. The fourth-order valence-corrected chi connectivity index (χ4v) is 2.57. The van der Waals surface area contributed by atoms with Gasteiger partial charge in [0.2, 0.25) is 0 Å². The van der Waals surface area contributed by atoms with Crippen molar-refractivity contribution in [1.82, 2.24) is 4.90 Å². The van der Waals surface area contributed by atoms with Gasteiger partial charge in [-0.25, -0.2) is 0 Å². The van der Waals surface area contributed by atoms with Gasteiger partial charge in [0, 0.05) is 13.1 Å². The van der Waals surface area contributed by atoms with E-state index < -0.39 is 0 Å². The maximum atomic E-state index is 12.3. The van der Waals surface area contributed by atoms with E-state index in [-0.39, 0.29) is 5.91 Å². The quantitative estimate of drug-likeness (QED) is 0.823. The summed E-state index contributed by atoms with van der Waals surface area (Å²) in [6.45, 7) is 0. The fraction of sp³-hybridized carbons (Fsp3) is 0.462. The number of nitrogens with two attached hydrogens (primary N) is 1. The molecule has 17 heavy (non-hydrogen) atoms. The largest absolute Gasteiger partial charge is 0.398 e. The smallest absolute Gasteiger partial charge is 0.255 e. The normalized spacial score (nSPS) is 16.1. The maximum absolute atomic E-state index is 12.3. The highest BCUT2D eigenvalue weighted by Gasteiger charge is 2.25. The van der Waals surface area contributed by atoms with Crippen molar-refractivity contribution in [2.24, 2.45) is 0 Å². The number of nitrogens with zero attached hydrogens (tertiary/aromatic N) is 1. The van der Waals surface area contributed by atoms with Gasteiger partial charge in [-0.05, 0) is 25.0 Å². The topological polar surface area (TPSA) is 46.3 Å². The van der Waals surface area contributed by atoms with Gasteiger partial charge in [-0.1, -0.05) is 30.5 Å². The number of benzene rings is 1. The van der Waals surface area contributed by atoms with Crippen molar-refractivity contribution in [1.29, 1.82) is 0 Å². The molecule has 0 unspecified atom stereocenters. The van der Waals surface area contributed by atoms with Crippen LogP contribution in [0.1, 0.15) is 36.0 Å². The third-order valence-electron chi connectivity index (χ3n) is 3.45. The Hall–Kier alpha value is -1.22. The van der Waals surface area contributed by atoms with Gasteiger partial charge in [-0.2, -0.15) is 0 Å². The average Bonchev–Trinajstić information content (AvgIpc) is 2.84. The van der Waals surface area contributed by atoms with Gasteiger partial charge in [0.15, 0.2) is 0 Å². The summed E-state index contributed by atoms with van der Waals surface area (Å²) in [5.41, 5.74) is 6.67. The van der Waals surface area contributed by atoms with E-state index in [0.29, 0.717) is 22.3 Å². The first-order chi connectivity index (χ1) is 8.11. The molecule has 1 fully saturated rings. The van der Waals surface area contributed by atoms with Crippen molar-refractivity contribution >= 4 is 23.2 Å². The van der Waals surface area contributed by atoms with Crippen molar-refractivity contribution in [3.63, 3.8) is 0 Å². The van der Waals surface area contributed by atoms with Gasteiger partial charge in [0.1, 0.15) is 0 Å². The van der Waals surface area contributed by atoms with E-state index in [4.69, 9.17) is 17.3 Å². The van der Waals surface area contributed by atoms with Crippen LogP contribution in [-0.4, -0.2) is 23.9 Å². The van der Waals surface area contributed by atoms with Crippen molar-refractivity contribution in [2.45, 2.75) is 31.7 Å². The molecule has 0 aromatic heterocycles. The molecular formula is C13H17ClN2O. The summed E-state index contributed by atoms with van der Waals surface area (Å²) >= 11 is 6.07. The van der Waals surface area contributed by atoms with Crippen LogP contribution in [0.4, 0.5) is 5.69 Å². The van der Waals surface area contributed by atoms with Crippen molar-refractivity contribution in [3.8, 4) is 0 Å². The van der Waals surface area contributed by atoms with Crippen LogP contribution in [0.5, 0.6) is 0 Å². The number of anilines is 1. The number of carbonyl (C=O) groups excluding carboxylic acids is 1. The third kappa shape index (κ3) is 2.39. The molecule has 0 atom stereocenters. The Bertz CT molecular complexity index is 427. The molecule has 0 bridgehead atoms.